The van der Waals surface area contributed by atoms with Gasteiger partial charge in [0.15, 0.2) is 5.25 Å². The van der Waals surface area contributed by atoms with E-state index in [-0.39, 0.29) is 54.6 Å². The first-order chi connectivity index (χ1) is 14.5. The third kappa shape index (κ3) is 17.0. The van der Waals surface area contributed by atoms with Crippen LogP contribution in [0.3, 0.4) is 0 Å². The fourth-order valence-corrected chi connectivity index (χ4v) is 6.28. The van der Waals surface area contributed by atoms with Crippen LogP contribution < -0.4 is 0 Å². The second-order valence-electron chi connectivity index (χ2n) is 7.23. The molecule has 7 nitrogen and oxygen atoms in total. The smallest absolute Gasteiger partial charge is 0.327 e. The zero-order chi connectivity index (χ0) is 25.2. The van der Waals surface area contributed by atoms with Gasteiger partial charge in [-0.1, -0.05) is 122 Å². The Bertz CT molecular complexity index is 697. The van der Waals surface area contributed by atoms with Gasteiger partial charge >= 0.3 is 11.9 Å². The van der Waals surface area contributed by atoms with E-state index in [4.69, 9.17) is 9.47 Å². The topological polar surface area (TPSA) is 107 Å². The molecule has 1 radical (unpaired) electrons. The Morgan fingerprint density at radius 1 is 0.818 bits per heavy atom. The summed E-state index contributed by atoms with van der Waals surface area (Å²) in [5.74, 6) is -1.97. The summed E-state index contributed by atoms with van der Waals surface area (Å²) in [4.78, 5) is 24.4. The van der Waals surface area contributed by atoms with Gasteiger partial charge in [-0.3, -0.25) is 14.1 Å². The first-order valence-electron chi connectivity index (χ1n) is 9.95. The van der Waals surface area contributed by atoms with Crippen molar-refractivity contribution in [1.82, 2.24) is 0 Å². The first-order valence-corrected chi connectivity index (χ1v) is 16.2. The van der Waals surface area contributed by atoms with E-state index >= 15 is 0 Å². The van der Waals surface area contributed by atoms with Crippen molar-refractivity contribution in [3.63, 3.8) is 0 Å². The number of hydrogen-bond donors (Lipinski definition) is 1. The maximum Gasteiger partial charge on any atom is 0.327 e. The molecule has 191 valence electrons. The quantitative estimate of drug-likeness (QED) is 0.0905. The monoisotopic (exact) mass is 885 g/mol. The van der Waals surface area contributed by atoms with Crippen LogP contribution in [0.5, 0.6) is 0 Å². The summed E-state index contributed by atoms with van der Waals surface area (Å²) < 4.78 is 41.9. The zero-order valence-electron chi connectivity index (χ0n) is 18.7. The largest absolute Gasteiger partial charge is 0.466 e. The molecule has 0 rings (SSSR count). The van der Waals surface area contributed by atoms with Crippen molar-refractivity contribution in [2.75, 3.05) is 13.2 Å². The van der Waals surface area contributed by atoms with E-state index in [2.05, 4.69) is 95.6 Å². The van der Waals surface area contributed by atoms with Gasteiger partial charge in [-0.15, -0.1) is 0 Å². The number of rotatable bonds is 14. The molecule has 0 aliphatic rings. The van der Waals surface area contributed by atoms with Gasteiger partial charge in [0.1, 0.15) is 4.29 Å². The van der Waals surface area contributed by atoms with E-state index in [0.717, 1.165) is 25.7 Å². The van der Waals surface area contributed by atoms with Crippen LogP contribution >= 0.6 is 95.6 Å². The van der Waals surface area contributed by atoms with Crippen LogP contribution in [0, 0.1) is 11.8 Å². The maximum absolute atomic E-state index is 12.3. The summed E-state index contributed by atoms with van der Waals surface area (Å²) in [6, 6.07) is 0. The number of ether oxygens (including phenoxy) is 2. The maximum atomic E-state index is 12.3. The predicted molar refractivity (Wildman–Crippen MR) is 153 cm³/mol. The van der Waals surface area contributed by atoms with Crippen LogP contribution in [0.2, 0.25) is 0 Å². The molecule has 3 atom stereocenters. The van der Waals surface area contributed by atoms with Crippen LogP contribution in [-0.4, -0.2) is 77.2 Å². The molecule has 0 aliphatic carbocycles. The van der Waals surface area contributed by atoms with E-state index in [0.29, 0.717) is 12.8 Å². The minimum atomic E-state index is -4.85. The Morgan fingerprint density at radius 2 is 1.21 bits per heavy atom. The van der Waals surface area contributed by atoms with Crippen LogP contribution in [-0.2, 0) is 29.2 Å². The van der Waals surface area contributed by atoms with E-state index in [1.165, 1.54) is 0 Å². The molecule has 0 saturated carbocycles. The van der Waals surface area contributed by atoms with Crippen molar-refractivity contribution < 1.29 is 32.0 Å². The number of esters is 2. The van der Waals surface area contributed by atoms with Gasteiger partial charge in [0.2, 0.25) is 0 Å². The normalized spacial score (nSPS) is 15.2. The fraction of sp³-hybridized carbons (Fsp3) is 0.889. The van der Waals surface area contributed by atoms with E-state index in [1.54, 1.807) is 0 Å². The Morgan fingerprint density at radius 3 is 1.55 bits per heavy atom. The molecule has 0 heterocycles. The molecule has 0 aliphatic heterocycles. The van der Waals surface area contributed by atoms with E-state index < -0.39 is 38.0 Å². The van der Waals surface area contributed by atoms with Gasteiger partial charge in [0.05, 0.1) is 19.6 Å². The Labute approximate surface area is 269 Å². The molecule has 15 heteroatoms. The van der Waals surface area contributed by atoms with Crippen LogP contribution in [0.1, 0.15) is 58.8 Å². The van der Waals surface area contributed by atoms with E-state index in [1.807, 2.05) is 13.8 Å². The molecule has 0 aromatic carbocycles. The average molecular weight is 891 g/mol. The SMILES string of the molecule is CCCC(CCOC(=O)CC(C(=O)OCCC(CCC)C(Br)(Br)Br)S(=O)(=O)O)C(Br)(Br)Br.[Na]. The Kier molecular flexibility index (Phi) is 20.8. The second kappa shape index (κ2) is 18.1. The number of carbonyl (C=O) groups excluding carboxylic acids is 2. The third-order valence-electron chi connectivity index (χ3n) is 4.61. The molecule has 0 aromatic rings. The number of halogens is 6. The summed E-state index contributed by atoms with van der Waals surface area (Å²) in [6.07, 6.45) is 3.56. The second-order valence-corrected chi connectivity index (χ2v) is 22.7. The molecule has 0 spiro atoms. The number of carbonyl (C=O) groups is 2. The minimum absolute atomic E-state index is 0. The molecule has 0 saturated heterocycles. The average Bonchev–Trinajstić information content (AvgIpc) is 2.62. The fourth-order valence-electron chi connectivity index (χ4n) is 2.87. The van der Waals surface area contributed by atoms with Crippen molar-refractivity contribution >= 4 is 147 Å². The van der Waals surface area contributed by atoms with E-state index in [9.17, 15) is 22.6 Å². The first kappa shape index (κ1) is 37.9. The number of alkyl halides is 6. The van der Waals surface area contributed by atoms with Gasteiger partial charge < -0.3 is 9.47 Å². The molecule has 33 heavy (non-hydrogen) atoms. The van der Waals surface area contributed by atoms with Gasteiger partial charge in [-0.25, -0.2) is 0 Å². The van der Waals surface area contributed by atoms with Crippen molar-refractivity contribution in [3.8, 4) is 0 Å². The standard InChI is InChI=1S/C18H28Br6O7S.Na/c1-3-5-12(17(19,20)21)7-9-30-15(25)11-14(32(27,28)29)16(26)31-10-8-13(6-4-2)18(22,23)24;/h12-14H,3-11H2,1-2H3,(H,27,28,29);. The molecule has 0 bridgehead atoms. The molecular weight excluding hydrogens is 863 g/mol. The third-order valence-corrected chi connectivity index (χ3v) is 9.58. The molecule has 0 aromatic heterocycles. The predicted octanol–water partition coefficient (Wildman–Crippen LogP) is 6.63. The molecular formula is C18H28Br6NaO7S. The van der Waals surface area contributed by atoms with Gasteiger partial charge in [-0.05, 0) is 37.5 Å². The van der Waals surface area contributed by atoms with Gasteiger partial charge in [0, 0.05) is 29.6 Å². The summed E-state index contributed by atoms with van der Waals surface area (Å²) in [5.41, 5.74) is 0. The minimum Gasteiger partial charge on any atom is -0.466 e. The molecule has 1 N–H and O–H groups in total. The molecule has 0 fully saturated rings. The van der Waals surface area contributed by atoms with Crippen LogP contribution in [0.15, 0.2) is 0 Å². The zero-order valence-corrected chi connectivity index (χ0v) is 31.0. The Hall–Kier alpha value is 2.73. The summed E-state index contributed by atoms with van der Waals surface area (Å²) in [6.45, 7) is 4.00. The summed E-state index contributed by atoms with van der Waals surface area (Å²) >= 11 is 20.7. The van der Waals surface area contributed by atoms with Crippen LogP contribution in [0.25, 0.3) is 0 Å². The molecule has 3 unspecified atom stereocenters. The summed E-state index contributed by atoms with van der Waals surface area (Å²) in [5, 5.41) is -2.03. The van der Waals surface area contributed by atoms with Gasteiger partial charge in [0.25, 0.3) is 10.1 Å². The van der Waals surface area contributed by atoms with Crippen molar-refractivity contribution in [1.29, 1.82) is 0 Å². The number of hydrogen-bond acceptors (Lipinski definition) is 6. The summed E-state index contributed by atoms with van der Waals surface area (Å²) in [7, 11) is -4.85. The van der Waals surface area contributed by atoms with Gasteiger partial charge in [-0.2, -0.15) is 8.42 Å². The van der Waals surface area contributed by atoms with Crippen LogP contribution in [0.4, 0.5) is 0 Å². The van der Waals surface area contributed by atoms with Crippen molar-refractivity contribution in [3.05, 3.63) is 0 Å². The molecule has 0 amide bonds. The van der Waals surface area contributed by atoms with Crippen molar-refractivity contribution in [2.45, 2.75) is 68.3 Å². The van der Waals surface area contributed by atoms with Crippen molar-refractivity contribution in [2.24, 2.45) is 11.8 Å². The Balaban J connectivity index is 0.